The van der Waals surface area contributed by atoms with E-state index in [1.807, 2.05) is 0 Å². The van der Waals surface area contributed by atoms with Crippen LogP contribution >= 0.6 is 12.6 Å². The number of benzene rings is 1. The number of ketones is 3. The lowest BCUT2D eigenvalue weighted by atomic mass is 9.95. The van der Waals surface area contributed by atoms with Gasteiger partial charge in [-0.25, -0.2) is 15.0 Å². The van der Waals surface area contributed by atoms with Gasteiger partial charge in [0.2, 0.25) is 11.8 Å². The molecular weight excluding hydrogens is 743 g/mol. The van der Waals surface area contributed by atoms with Crippen LogP contribution in [0.5, 0.6) is 0 Å². The van der Waals surface area contributed by atoms with E-state index in [0.29, 0.717) is 23.0 Å². The Morgan fingerprint density at radius 3 is 2.32 bits per heavy atom. The number of fused-ring (bicyclic) bond motifs is 1. The molecule has 0 aliphatic carbocycles. The van der Waals surface area contributed by atoms with E-state index in [1.54, 1.807) is 25.5 Å². The highest BCUT2D eigenvalue weighted by atomic mass is 32.1. The zero-order valence-electron chi connectivity index (χ0n) is 30.5. The summed E-state index contributed by atoms with van der Waals surface area (Å²) in [6.45, 7) is 20.4. The average molecular weight is 786 g/mol. The number of nitrogens with one attached hydrogen (secondary N) is 5. The fourth-order valence-corrected chi connectivity index (χ4v) is 5.03. The van der Waals surface area contributed by atoms with Crippen molar-refractivity contribution in [2.75, 3.05) is 17.6 Å². The van der Waals surface area contributed by atoms with Gasteiger partial charge in [-0.05, 0) is 77.0 Å². The fraction of sp³-hybridized carbons (Fsp3) is 0.351. The van der Waals surface area contributed by atoms with Crippen LogP contribution in [0.3, 0.4) is 0 Å². The number of guanidine groups is 1. The van der Waals surface area contributed by atoms with Crippen molar-refractivity contribution >= 4 is 70.5 Å². The van der Waals surface area contributed by atoms with Gasteiger partial charge in [-0.1, -0.05) is 0 Å². The zero-order chi connectivity index (χ0) is 41.4. The number of rotatable bonds is 23. The van der Waals surface area contributed by atoms with E-state index in [0.717, 1.165) is 6.54 Å². The van der Waals surface area contributed by atoms with Crippen LogP contribution in [0.2, 0.25) is 0 Å². The lowest BCUT2D eigenvalue weighted by Crippen LogP contribution is -2.46. The monoisotopic (exact) mass is 785 g/mol. The molecular formula is C37H43N11O7S. The normalized spacial score (nSPS) is 13.1. The molecule has 2 aromatic heterocycles. The van der Waals surface area contributed by atoms with E-state index in [9.17, 15) is 33.6 Å². The molecule has 294 valence electrons. The topological polar surface area (TPSA) is 286 Å². The standard InChI is InChI=1S/C37H43N11O7S/c1-20(34(53)48-28(7-5-13-40-37(38)39)30(51)16-21(2)33(52)44-22(3)29(50)8-6-14-56)15-27(49)19-43-35(54)24-9-11-25(12-10-24)41-17-26-18-42-32-31(47-26)36(55)46-23(4)45-32/h1-3,6,9-12,18-22,28,41,56H,5,7-8,13-17H2,4H3,(H,43,54)(H,44,52)(H,48,53)(H4,38,39,40)(H,42,45,46,55)/t20-,21-,22+,28+/m0/s1. The number of carbonyl (C=O) groups is 6. The molecule has 0 fully saturated rings. The predicted octanol–water partition coefficient (Wildman–Crippen LogP) is -0.0742. The predicted molar refractivity (Wildman–Crippen MR) is 209 cm³/mol. The molecule has 3 aromatic rings. The molecule has 56 heavy (non-hydrogen) atoms. The van der Waals surface area contributed by atoms with Crippen molar-refractivity contribution in [3.05, 3.63) is 91.6 Å². The number of aryl methyl sites for hydroxylation is 1. The third-order valence-electron chi connectivity index (χ3n) is 7.86. The molecule has 4 atom stereocenters. The Kier molecular flexibility index (Phi) is 17.5. The van der Waals surface area contributed by atoms with Crippen LogP contribution in [0.1, 0.15) is 54.0 Å². The van der Waals surface area contributed by atoms with Crippen molar-refractivity contribution in [1.29, 1.82) is 0 Å². The van der Waals surface area contributed by atoms with Crippen molar-refractivity contribution in [3.8, 4) is 0 Å². The number of Topliss-reactive ketones (excluding diaryl/α,β-unsaturated/α-hetero) is 3. The van der Waals surface area contributed by atoms with Gasteiger partial charge in [-0.3, -0.25) is 38.6 Å². The number of aromatic amines is 1. The number of anilines is 1. The zero-order valence-corrected chi connectivity index (χ0v) is 31.4. The van der Waals surface area contributed by atoms with Crippen LogP contribution in [0.25, 0.3) is 11.2 Å². The summed E-state index contributed by atoms with van der Waals surface area (Å²) in [5.41, 5.74) is 12.0. The summed E-state index contributed by atoms with van der Waals surface area (Å²) < 4.78 is 0. The Labute approximate surface area is 329 Å². The fourth-order valence-electron chi connectivity index (χ4n) is 4.90. The minimum atomic E-state index is -1.42. The summed E-state index contributed by atoms with van der Waals surface area (Å²) >= 11 is 3.97. The molecule has 8 radical (unpaired) electrons. The number of carbonyl (C=O) groups excluding carboxylic acids is 6. The maximum absolute atomic E-state index is 13.2. The van der Waals surface area contributed by atoms with Crippen LogP contribution < -0.4 is 38.3 Å². The van der Waals surface area contributed by atoms with Gasteiger partial charge in [0, 0.05) is 48.9 Å². The Morgan fingerprint density at radius 1 is 0.964 bits per heavy atom. The Morgan fingerprint density at radius 2 is 1.64 bits per heavy atom. The highest BCUT2D eigenvalue weighted by Crippen LogP contribution is 2.14. The Bertz CT molecular complexity index is 1970. The minimum absolute atomic E-state index is 0.0283. The summed E-state index contributed by atoms with van der Waals surface area (Å²) in [4.78, 5) is 107. The van der Waals surface area contributed by atoms with Crippen molar-refractivity contribution < 1.29 is 28.8 Å². The van der Waals surface area contributed by atoms with Gasteiger partial charge < -0.3 is 37.7 Å². The van der Waals surface area contributed by atoms with Gasteiger partial charge in [-0.2, -0.15) is 12.6 Å². The Hall–Kier alpha value is -5.72. The average Bonchev–Trinajstić information content (AvgIpc) is 3.16. The number of H-pyrrole nitrogens is 1. The molecule has 2 heterocycles. The number of amides is 3. The third kappa shape index (κ3) is 14.5. The van der Waals surface area contributed by atoms with E-state index < -0.39 is 77.4 Å². The molecule has 3 amide bonds. The van der Waals surface area contributed by atoms with Gasteiger partial charge in [-0.15, -0.1) is 0 Å². The number of hydrogen-bond donors (Lipinski definition) is 8. The van der Waals surface area contributed by atoms with E-state index in [4.69, 9.17) is 32.2 Å². The molecule has 0 unspecified atom stereocenters. The first-order chi connectivity index (χ1) is 26.6. The highest BCUT2D eigenvalue weighted by molar-refractivity contribution is 7.80. The third-order valence-corrected chi connectivity index (χ3v) is 8.11. The highest BCUT2D eigenvalue weighted by Gasteiger charge is 2.28. The van der Waals surface area contributed by atoms with E-state index in [-0.39, 0.29) is 55.0 Å². The first kappa shape index (κ1) is 44.7. The summed E-state index contributed by atoms with van der Waals surface area (Å²) in [6, 6.07) is 3.73. The SMILES string of the molecule is [CH][C@@H](CC(=O)[C@@H](CCCN=C(N)N)NC(=O)[C@@H]([CH])CC(=O)[CH]NC(=O)c1ccc(NCc2cnc3nc(C)[nH]c(=O)c3n2)cc1)C(=O)N[C@H]([CH])C(=O)C[CH]CS. The number of aromatic nitrogens is 4. The van der Waals surface area contributed by atoms with Crippen LogP contribution in [-0.4, -0.2) is 85.3 Å². The van der Waals surface area contributed by atoms with Crippen LogP contribution in [0, 0.1) is 52.5 Å². The van der Waals surface area contributed by atoms with Gasteiger partial charge in [0.15, 0.2) is 34.5 Å². The molecule has 0 aliphatic rings. The Balaban J connectivity index is 1.50. The number of nitrogens with two attached hydrogens (primary N) is 2. The number of nitrogens with zero attached hydrogens (tertiary/aromatic N) is 4. The van der Waals surface area contributed by atoms with Gasteiger partial charge >= 0.3 is 0 Å². The first-order valence-corrected chi connectivity index (χ1v) is 17.8. The number of thiol groups is 1. The van der Waals surface area contributed by atoms with Gasteiger partial charge in [0.25, 0.3) is 11.5 Å². The molecule has 0 spiro atoms. The van der Waals surface area contributed by atoms with E-state index >= 15 is 0 Å². The first-order valence-electron chi connectivity index (χ1n) is 17.2. The lowest BCUT2D eigenvalue weighted by Gasteiger charge is -2.22. The van der Waals surface area contributed by atoms with Crippen molar-refractivity contribution in [2.45, 2.75) is 57.7 Å². The summed E-state index contributed by atoms with van der Waals surface area (Å²) in [6.07, 6.45) is 2.23. The van der Waals surface area contributed by atoms with Gasteiger partial charge in [0.1, 0.15) is 12.4 Å². The van der Waals surface area contributed by atoms with Gasteiger partial charge in [0.05, 0.1) is 30.5 Å². The molecule has 1 aromatic carbocycles. The summed E-state index contributed by atoms with van der Waals surface area (Å²) in [5.74, 6) is -6.40. The number of hydrogen-bond acceptors (Lipinski definition) is 13. The second-order valence-corrected chi connectivity index (χ2v) is 12.8. The van der Waals surface area contributed by atoms with E-state index in [2.05, 4.69) is 58.8 Å². The second-order valence-electron chi connectivity index (χ2n) is 12.4. The van der Waals surface area contributed by atoms with Crippen LogP contribution in [-0.2, 0) is 30.5 Å². The van der Waals surface area contributed by atoms with Crippen LogP contribution in [0.15, 0.2) is 40.2 Å². The van der Waals surface area contributed by atoms with Crippen molar-refractivity contribution in [1.82, 2.24) is 35.9 Å². The molecule has 9 N–H and O–H groups in total. The quantitative estimate of drug-likeness (QED) is 0.0271. The molecule has 3 rings (SSSR count). The van der Waals surface area contributed by atoms with Crippen LogP contribution in [0.4, 0.5) is 5.69 Å². The smallest absolute Gasteiger partial charge is 0.279 e. The summed E-state index contributed by atoms with van der Waals surface area (Å²) in [7, 11) is 0. The molecule has 19 heteroatoms. The second kappa shape index (κ2) is 22.0. The molecule has 0 saturated heterocycles. The largest absolute Gasteiger partial charge is 0.379 e. The maximum Gasteiger partial charge on any atom is 0.279 e. The lowest BCUT2D eigenvalue weighted by molar-refractivity contribution is -0.133. The van der Waals surface area contributed by atoms with Crippen molar-refractivity contribution in [2.24, 2.45) is 28.3 Å². The minimum Gasteiger partial charge on any atom is -0.379 e. The molecule has 0 aliphatic heterocycles. The molecule has 0 saturated carbocycles. The summed E-state index contributed by atoms with van der Waals surface area (Å²) in [5, 5.41) is 10.2. The molecule has 0 bridgehead atoms. The van der Waals surface area contributed by atoms with E-state index in [1.165, 1.54) is 18.3 Å². The van der Waals surface area contributed by atoms with Crippen molar-refractivity contribution in [3.63, 3.8) is 0 Å². The number of aliphatic imine (C=N–C) groups is 1. The maximum atomic E-state index is 13.2. The molecule has 18 nitrogen and oxygen atoms in total.